The molecule has 3 nitrogen and oxygen atoms in total. The average Bonchev–Trinajstić information content (AvgIpc) is 2.65. The van der Waals surface area contributed by atoms with Crippen molar-refractivity contribution in [2.75, 3.05) is 12.4 Å². The quantitative estimate of drug-likeness (QED) is 0.823. The molecule has 4 heteroatoms. The molecule has 0 aromatic carbocycles. The molecule has 1 aliphatic rings. The number of fused-ring (bicyclic) bond motifs is 3. The van der Waals surface area contributed by atoms with Gasteiger partial charge >= 0.3 is 0 Å². The van der Waals surface area contributed by atoms with Crippen LogP contribution in [0.3, 0.4) is 0 Å². The summed E-state index contributed by atoms with van der Waals surface area (Å²) in [7, 11) is 1.93. The third-order valence-corrected chi connectivity index (χ3v) is 4.49. The molecule has 2 aromatic heterocycles. The molecule has 0 spiro atoms. The predicted octanol–water partition coefficient (Wildman–Crippen LogP) is 2.86. The third-order valence-electron chi connectivity index (χ3n) is 3.33. The van der Waals surface area contributed by atoms with E-state index in [1.165, 1.54) is 35.1 Å². The van der Waals surface area contributed by atoms with Gasteiger partial charge in [-0.2, -0.15) is 0 Å². The van der Waals surface area contributed by atoms with Gasteiger partial charge in [0.1, 0.15) is 17.0 Å². The van der Waals surface area contributed by atoms with Crippen LogP contribution in [0, 0.1) is 5.92 Å². The van der Waals surface area contributed by atoms with Crippen molar-refractivity contribution in [3.63, 3.8) is 0 Å². The summed E-state index contributed by atoms with van der Waals surface area (Å²) in [4.78, 5) is 11.4. The standard InChI is InChI=1S/C12H15N3S/c1-7-3-4-8-9(5-7)16-12-10(8)11(13-2)14-6-15-12/h6-7H,3-5H2,1-2H3,(H,13,14,15)/t7-/m0/s1. The molecular weight excluding hydrogens is 218 g/mol. The highest BCUT2D eigenvalue weighted by Crippen LogP contribution is 2.39. The Morgan fingerprint density at radius 3 is 3.12 bits per heavy atom. The van der Waals surface area contributed by atoms with Gasteiger partial charge in [-0.25, -0.2) is 9.97 Å². The van der Waals surface area contributed by atoms with Gasteiger partial charge in [-0.1, -0.05) is 6.92 Å². The van der Waals surface area contributed by atoms with Gasteiger partial charge in [0, 0.05) is 11.9 Å². The second-order valence-corrected chi connectivity index (χ2v) is 5.59. The van der Waals surface area contributed by atoms with E-state index in [1.54, 1.807) is 6.33 Å². The van der Waals surface area contributed by atoms with Gasteiger partial charge in [-0.05, 0) is 30.7 Å². The lowest BCUT2D eigenvalue weighted by Gasteiger charge is -2.18. The molecule has 2 aromatic rings. The smallest absolute Gasteiger partial charge is 0.138 e. The van der Waals surface area contributed by atoms with E-state index in [1.807, 2.05) is 18.4 Å². The fourth-order valence-electron chi connectivity index (χ4n) is 2.46. The first-order valence-corrected chi connectivity index (χ1v) is 6.54. The molecule has 84 valence electrons. The lowest BCUT2D eigenvalue weighted by atomic mass is 9.89. The van der Waals surface area contributed by atoms with Gasteiger partial charge in [-0.15, -0.1) is 11.3 Å². The molecule has 0 aliphatic heterocycles. The highest BCUT2D eigenvalue weighted by molar-refractivity contribution is 7.19. The van der Waals surface area contributed by atoms with Crippen LogP contribution in [-0.4, -0.2) is 17.0 Å². The average molecular weight is 233 g/mol. The fourth-order valence-corrected chi connectivity index (χ4v) is 3.82. The van der Waals surface area contributed by atoms with Crippen LogP contribution in [0.1, 0.15) is 23.8 Å². The van der Waals surface area contributed by atoms with Crippen LogP contribution in [-0.2, 0) is 12.8 Å². The maximum absolute atomic E-state index is 4.39. The van der Waals surface area contributed by atoms with E-state index in [0.29, 0.717) is 0 Å². The van der Waals surface area contributed by atoms with Gasteiger partial charge < -0.3 is 5.32 Å². The number of aryl methyl sites for hydroxylation is 1. The lowest BCUT2D eigenvalue weighted by molar-refractivity contribution is 0.509. The van der Waals surface area contributed by atoms with E-state index < -0.39 is 0 Å². The molecule has 0 bridgehead atoms. The zero-order valence-corrected chi connectivity index (χ0v) is 10.4. The summed E-state index contributed by atoms with van der Waals surface area (Å²) in [5.74, 6) is 1.80. The van der Waals surface area contributed by atoms with Crippen molar-refractivity contribution in [2.45, 2.75) is 26.2 Å². The zero-order chi connectivity index (χ0) is 11.1. The minimum Gasteiger partial charge on any atom is -0.372 e. The van der Waals surface area contributed by atoms with E-state index in [-0.39, 0.29) is 0 Å². The Hall–Kier alpha value is -1.16. The zero-order valence-electron chi connectivity index (χ0n) is 9.58. The van der Waals surface area contributed by atoms with Gasteiger partial charge in [0.15, 0.2) is 0 Å². The SMILES string of the molecule is CNc1ncnc2sc3c(c12)CC[C@H](C)C3. The molecular formula is C12H15N3S. The molecule has 0 saturated heterocycles. The molecule has 1 N–H and O–H groups in total. The van der Waals surface area contributed by atoms with Crippen LogP contribution < -0.4 is 5.32 Å². The minimum absolute atomic E-state index is 0.812. The molecule has 0 fully saturated rings. The Bertz CT molecular complexity index is 532. The highest BCUT2D eigenvalue weighted by Gasteiger charge is 2.22. The Balaban J connectivity index is 2.26. The Morgan fingerprint density at radius 2 is 2.31 bits per heavy atom. The lowest BCUT2D eigenvalue weighted by Crippen LogP contribution is -2.09. The first-order chi connectivity index (χ1) is 7.79. The maximum atomic E-state index is 4.39. The van der Waals surface area contributed by atoms with Crippen LogP contribution >= 0.6 is 11.3 Å². The van der Waals surface area contributed by atoms with Crippen molar-refractivity contribution in [2.24, 2.45) is 5.92 Å². The molecule has 0 amide bonds. The molecule has 1 aliphatic carbocycles. The fraction of sp³-hybridized carbons (Fsp3) is 0.500. The van der Waals surface area contributed by atoms with Gasteiger partial charge in [0.25, 0.3) is 0 Å². The second-order valence-electron chi connectivity index (χ2n) is 4.50. The Kier molecular flexibility index (Phi) is 2.32. The van der Waals surface area contributed by atoms with Crippen molar-refractivity contribution in [1.82, 2.24) is 9.97 Å². The number of aromatic nitrogens is 2. The molecule has 0 radical (unpaired) electrons. The summed E-state index contributed by atoms with van der Waals surface area (Å²) in [6, 6.07) is 0. The molecule has 0 unspecified atom stereocenters. The topological polar surface area (TPSA) is 37.8 Å². The van der Waals surface area contributed by atoms with Crippen LogP contribution in [0.5, 0.6) is 0 Å². The highest BCUT2D eigenvalue weighted by atomic mass is 32.1. The number of anilines is 1. The Labute approximate surface area is 98.9 Å². The molecule has 3 rings (SSSR count). The largest absolute Gasteiger partial charge is 0.372 e. The summed E-state index contributed by atoms with van der Waals surface area (Å²) in [5, 5.41) is 4.43. The van der Waals surface area contributed by atoms with E-state index in [0.717, 1.165) is 16.6 Å². The van der Waals surface area contributed by atoms with E-state index >= 15 is 0 Å². The van der Waals surface area contributed by atoms with Crippen LogP contribution in [0.25, 0.3) is 10.2 Å². The number of nitrogens with zero attached hydrogens (tertiary/aromatic N) is 2. The minimum atomic E-state index is 0.812. The van der Waals surface area contributed by atoms with E-state index in [2.05, 4.69) is 22.2 Å². The number of nitrogens with one attached hydrogen (secondary N) is 1. The van der Waals surface area contributed by atoms with E-state index in [9.17, 15) is 0 Å². The summed E-state index contributed by atoms with van der Waals surface area (Å²) in [6.07, 6.45) is 5.33. The number of hydrogen-bond acceptors (Lipinski definition) is 4. The van der Waals surface area contributed by atoms with E-state index in [4.69, 9.17) is 0 Å². The van der Waals surface area contributed by atoms with Crippen LogP contribution in [0.15, 0.2) is 6.33 Å². The molecule has 0 saturated carbocycles. The summed E-state index contributed by atoms with van der Waals surface area (Å²) in [6.45, 7) is 2.33. The number of hydrogen-bond donors (Lipinski definition) is 1. The van der Waals surface area contributed by atoms with Crippen molar-refractivity contribution in [3.05, 3.63) is 16.8 Å². The first kappa shape index (κ1) is 10.0. The van der Waals surface area contributed by atoms with Gasteiger partial charge in [0.2, 0.25) is 0 Å². The summed E-state index contributed by atoms with van der Waals surface area (Å²) in [5.41, 5.74) is 1.49. The van der Waals surface area contributed by atoms with Crippen molar-refractivity contribution in [1.29, 1.82) is 0 Å². The summed E-state index contributed by atoms with van der Waals surface area (Å²) < 4.78 is 0. The second kappa shape index (κ2) is 3.70. The molecule has 1 atom stereocenters. The monoisotopic (exact) mass is 233 g/mol. The van der Waals surface area contributed by atoms with Crippen LogP contribution in [0.2, 0.25) is 0 Å². The first-order valence-electron chi connectivity index (χ1n) is 5.72. The van der Waals surface area contributed by atoms with Crippen molar-refractivity contribution >= 4 is 27.4 Å². The van der Waals surface area contributed by atoms with Crippen molar-refractivity contribution < 1.29 is 0 Å². The predicted molar refractivity (Wildman–Crippen MR) is 68.2 cm³/mol. The van der Waals surface area contributed by atoms with Crippen LogP contribution in [0.4, 0.5) is 5.82 Å². The molecule has 16 heavy (non-hydrogen) atoms. The molecule has 2 heterocycles. The normalized spacial score (nSPS) is 19.8. The Morgan fingerprint density at radius 1 is 1.44 bits per heavy atom. The maximum Gasteiger partial charge on any atom is 0.138 e. The van der Waals surface area contributed by atoms with Gasteiger partial charge in [0.05, 0.1) is 5.39 Å². The van der Waals surface area contributed by atoms with Crippen molar-refractivity contribution in [3.8, 4) is 0 Å². The number of rotatable bonds is 1. The third kappa shape index (κ3) is 1.40. The number of thiophene rings is 1. The summed E-state index contributed by atoms with van der Waals surface area (Å²) >= 11 is 1.84. The van der Waals surface area contributed by atoms with Gasteiger partial charge in [-0.3, -0.25) is 0 Å².